The summed E-state index contributed by atoms with van der Waals surface area (Å²) < 4.78 is 20.1. The third-order valence-corrected chi connectivity index (χ3v) is 3.38. The number of hydrogen-bond acceptors (Lipinski definition) is 2. The van der Waals surface area contributed by atoms with E-state index in [0.29, 0.717) is 21.7 Å². The smallest absolute Gasteiger partial charge is 0.150 e. The van der Waals surface area contributed by atoms with Crippen molar-refractivity contribution in [3.8, 4) is 11.5 Å². The first-order valence-corrected chi connectivity index (χ1v) is 6.61. The summed E-state index contributed by atoms with van der Waals surface area (Å²) in [5, 5.41) is 0. The molecule has 2 rings (SSSR count). The van der Waals surface area contributed by atoms with Crippen LogP contribution in [0.2, 0.25) is 0 Å². The van der Waals surface area contributed by atoms with Crippen molar-refractivity contribution in [3.63, 3.8) is 0 Å². The monoisotopic (exact) mass is 407 g/mol. The average molecular weight is 408 g/mol. The molecule has 2 aromatic rings. The topological polar surface area (TPSA) is 35.2 Å². The lowest BCUT2D eigenvalue weighted by Gasteiger charge is -2.10. The Morgan fingerprint density at radius 1 is 1.12 bits per heavy atom. The molecule has 17 heavy (non-hydrogen) atoms. The Labute approximate surface area is 120 Å². The third kappa shape index (κ3) is 3.10. The molecule has 0 unspecified atom stereocenters. The highest BCUT2D eigenvalue weighted by atomic mass is 127. The lowest BCUT2D eigenvalue weighted by atomic mass is 10.3. The van der Waals surface area contributed by atoms with E-state index in [0.717, 1.165) is 3.57 Å². The van der Waals surface area contributed by atoms with Crippen molar-refractivity contribution in [2.24, 2.45) is 0 Å². The van der Waals surface area contributed by atoms with Crippen LogP contribution in [0.3, 0.4) is 0 Å². The van der Waals surface area contributed by atoms with Crippen LogP contribution < -0.4 is 10.5 Å². The van der Waals surface area contributed by atoms with Crippen LogP contribution in [0.1, 0.15) is 0 Å². The van der Waals surface area contributed by atoms with Crippen LogP contribution in [0.4, 0.5) is 10.1 Å². The molecule has 0 aliphatic rings. The maximum Gasteiger partial charge on any atom is 0.150 e. The van der Waals surface area contributed by atoms with Gasteiger partial charge in [-0.1, -0.05) is 0 Å². The van der Waals surface area contributed by atoms with Gasteiger partial charge in [0.15, 0.2) is 0 Å². The average Bonchev–Trinajstić information content (AvgIpc) is 2.25. The van der Waals surface area contributed by atoms with Gasteiger partial charge in [0.2, 0.25) is 0 Å². The van der Waals surface area contributed by atoms with Crippen molar-refractivity contribution in [2.45, 2.75) is 0 Å². The summed E-state index contributed by atoms with van der Waals surface area (Å²) in [5.74, 6) is 0.761. The minimum atomic E-state index is -0.320. The lowest BCUT2D eigenvalue weighted by molar-refractivity contribution is 0.479. The van der Waals surface area contributed by atoms with Gasteiger partial charge < -0.3 is 10.5 Å². The van der Waals surface area contributed by atoms with Crippen molar-refractivity contribution < 1.29 is 9.13 Å². The molecule has 0 saturated heterocycles. The molecule has 2 nitrogen and oxygen atoms in total. The van der Waals surface area contributed by atoms with Crippen LogP contribution in [-0.4, -0.2) is 0 Å². The molecule has 0 saturated carbocycles. The second-order valence-corrected chi connectivity index (χ2v) is 5.46. The Balaban J connectivity index is 2.31. The predicted molar refractivity (Wildman–Crippen MR) is 77.7 cm³/mol. The molecule has 2 N–H and O–H groups in total. The van der Waals surface area contributed by atoms with Gasteiger partial charge in [0.25, 0.3) is 0 Å². The number of anilines is 1. The number of ether oxygens (including phenoxy) is 1. The first-order valence-electron chi connectivity index (χ1n) is 4.74. The number of halogens is 3. The lowest BCUT2D eigenvalue weighted by Crippen LogP contribution is -1.93. The van der Waals surface area contributed by atoms with E-state index in [2.05, 4.69) is 38.5 Å². The Hall–Kier alpha value is -0.820. The van der Waals surface area contributed by atoms with Crippen LogP contribution >= 0.6 is 38.5 Å². The van der Waals surface area contributed by atoms with Crippen molar-refractivity contribution in [1.29, 1.82) is 0 Å². The summed E-state index contributed by atoms with van der Waals surface area (Å²) in [5.41, 5.74) is 6.38. The number of hydrogen-bond donors (Lipinski definition) is 1. The molecule has 0 bridgehead atoms. The number of rotatable bonds is 2. The van der Waals surface area contributed by atoms with E-state index in [4.69, 9.17) is 10.5 Å². The Morgan fingerprint density at radius 3 is 2.47 bits per heavy atom. The molecule has 5 heteroatoms. The highest BCUT2D eigenvalue weighted by Gasteiger charge is 2.06. The first-order chi connectivity index (χ1) is 8.06. The minimum Gasteiger partial charge on any atom is -0.454 e. The molecule has 0 radical (unpaired) electrons. The van der Waals surface area contributed by atoms with E-state index in [9.17, 15) is 4.39 Å². The predicted octanol–water partition coefficient (Wildman–Crippen LogP) is 4.57. The summed E-state index contributed by atoms with van der Waals surface area (Å²) in [4.78, 5) is 0. The molecule has 0 aliphatic heterocycles. The van der Waals surface area contributed by atoms with Gasteiger partial charge in [0, 0.05) is 3.57 Å². The molecule has 88 valence electrons. The van der Waals surface area contributed by atoms with Crippen LogP contribution in [-0.2, 0) is 0 Å². The van der Waals surface area contributed by atoms with Crippen molar-refractivity contribution in [3.05, 3.63) is 50.3 Å². The summed E-state index contributed by atoms with van der Waals surface area (Å²) >= 11 is 5.41. The largest absolute Gasteiger partial charge is 0.454 e. The Morgan fingerprint density at radius 2 is 1.82 bits per heavy atom. The zero-order valence-electron chi connectivity index (χ0n) is 8.58. The SMILES string of the molecule is Nc1cc(I)ccc1Oc1ccc(F)cc1Br. The van der Waals surface area contributed by atoms with E-state index >= 15 is 0 Å². The summed E-state index contributed by atoms with van der Waals surface area (Å²) in [6.07, 6.45) is 0. The number of nitrogens with two attached hydrogens (primary N) is 1. The van der Waals surface area contributed by atoms with Gasteiger partial charge >= 0.3 is 0 Å². The molecule has 0 heterocycles. The fourth-order valence-electron chi connectivity index (χ4n) is 1.29. The van der Waals surface area contributed by atoms with Crippen LogP contribution in [0.15, 0.2) is 40.9 Å². The standard InChI is InChI=1S/C12H8BrFINO/c13-9-5-7(14)1-3-11(9)17-12-4-2-8(15)6-10(12)16/h1-6H,16H2. The van der Waals surface area contributed by atoms with Gasteiger partial charge in [-0.15, -0.1) is 0 Å². The summed E-state index contributed by atoms with van der Waals surface area (Å²) in [7, 11) is 0. The van der Waals surface area contributed by atoms with Crippen molar-refractivity contribution >= 4 is 44.2 Å². The Kier molecular flexibility index (Phi) is 3.88. The quantitative estimate of drug-likeness (QED) is 0.584. The van der Waals surface area contributed by atoms with Crippen LogP contribution in [0.25, 0.3) is 0 Å². The molecule has 0 aliphatic carbocycles. The van der Waals surface area contributed by atoms with Crippen LogP contribution in [0.5, 0.6) is 11.5 Å². The minimum absolute atomic E-state index is 0.320. The summed E-state index contributed by atoms with van der Waals surface area (Å²) in [6, 6.07) is 9.72. The first kappa shape index (κ1) is 12.6. The molecular formula is C12H8BrFINO. The van der Waals surface area contributed by atoms with Gasteiger partial charge in [-0.25, -0.2) is 4.39 Å². The van der Waals surface area contributed by atoms with E-state index in [1.807, 2.05) is 12.1 Å². The van der Waals surface area contributed by atoms with Crippen molar-refractivity contribution in [2.75, 3.05) is 5.73 Å². The second kappa shape index (κ2) is 5.22. The van der Waals surface area contributed by atoms with Crippen LogP contribution in [0, 0.1) is 9.39 Å². The van der Waals surface area contributed by atoms with E-state index in [-0.39, 0.29) is 5.82 Å². The number of benzene rings is 2. The Bertz CT molecular complexity index is 513. The van der Waals surface area contributed by atoms with Gasteiger partial charge in [-0.05, 0) is 74.9 Å². The van der Waals surface area contributed by atoms with Crippen molar-refractivity contribution in [1.82, 2.24) is 0 Å². The van der Waals surface area contributed by atoms with E-state index in [1.165, 1.54) is 12.1 Å². The maximum atomic E-state index is 12.9. The molecule has 0 atom stereocenters. The highest BCUT2D eigenvalue weighted by molar-refractivity contribution is 14.1. The normalized spacial score (nSPS) is 10.3. The van der Waals surface area contributed by atoms with Gasteiger partial charge in [-0.2, -0.15) is 0 Å². The maximum absolute atomic E-state index is 12.9. The van der Waals surface area contributed by atoms with Gasteiger partial charge in [0.1, 0.15) is 17.3 Å². The van der Waals surface area contributed by atoms with E-state index < -0.39 is 0 Å². The van der Waals surface area contributed by atoms with Gasteiger partial charge in [-0.3, -0.25) is 0 Å². The number of nitrogen functional groups attached to an aromatic ring is 1. The third-order valence-electron chi connectivity index (χ3n) is 2.09. The molecule has 0 spiro atoms. The fourth-order valence-corrected chi connectivity index (χ4v) is 2.24. The molecule has 0 aromatic heterocycles. The second-order valence-electron chi connectivity index (χ2n) is 3.36. The van der Waals surface area contributed by atoms with Gasteiger partial charge in [0.05, 0.1) is 10.2 Å². The molecule has 0 amide bonds. The summed E-state index contributed by atoms with van der Waals surface area (Å²) in [6.45, 7) is 0. The molecule has 0 fully saturated rings. The zero-order chi connectivity index (χ0) is 12.4. The zero-order valence-corrected chi connectivity index (χ0v) is 12.3. The highest BCUT2D eigenvalue weighted by Crippen LogP contribution is 2.33. The molecule has 2 aromatic carbocycles. The fraction of sp³-hybridized carbons (Fsp3) is 0. The van der Waals surface area contributed by atoms with E-state index in [1.54, 1.807) is 12.1 Å². The molecular weight excluding hydrogens is 400 g/mol.